The Balaban J connectivity index is 1.53. The molecule has 2 amide bonds. The molecule has 1 heterocycles. The van der Waals surface area contributed by atoms with Gasteiger partial charge >= 0.3 is 5.97 Å². The Labute approximate surface area is 176 Å². The first kappa shape index (κ1) is 21.4. The van der Waals surface area contributed by atoms with Crippen molar-refractivity contribution in [1.82, 2.24) is 10.2 Å². The Hall–Kier alpha value is -3.35. The maximum Gasteiger partial charge on any atom is 0.338 e. The number of hydrogen-bond acceptors (Lipinski definition) is 5. The second-order valence-electron chi connectivity index (χ2n) is 7.23. The van der Waals surface area contributed by atoms with Crippen molar-refractivity contribution in [3.63, 3.8) is 0 Å². The summed E-state index contributed by atoms with van der Waals surface area (Å²) in [5.41, 5.74) is 2.04. The largest absolute Gasteiger partial charge is 0.496 e. The van der Waals surface area contributed by atoms with Gasteiger partial charge in [0.05, 0.1) is 18.7 Å². The number of esters is 1. The molecule has 3 rings (SSSR count). The number of ether oxygens (including phenoxy) is 2. The molecule has 1 unspecified atom stereocenters. The lowest BCUT2D eigenvalue weighted by Crippen LogP contribution is -2.31. The van der Waals surface area contributed by atoms with Crippen LogP contribution in [0.1, 0.15) is 47.3 Å². The molecule has 0 bridgehead atoms. The molecule has 2 aromatic rings. The summed E-state index contributed by atoms with van der Waals surface area (Å²) in [6.07, 6.45) is 1.44. The van der Waals surface area contributed by atoms with Gasteiger partial charge in [-0.05, 0) is 37.1 Å². The van der Waals surface area contributed by atoms with E-state index < -0.39 is 11.9 Å². The van der Waals surface area contributed by atoms with Crippen molar-refractivity contribution in [1.29, 1.82) is 0 Å². The number of likely N-dealkylation sites (tertiary alicyclic amines) is 1. The van der Waals surface area contributed by atoms with Gasteiger partial charge in [-0.25, -0.2) is 4.79 Å². The standard InChI is InChI=1S/C23H26N2O5/c1-16(19-9-3-4-10-20(19)29-2)24-21(26)15-30-23(28)18-8-5-7-17(13-18)14-25-12-6-11-22(25)27/h3-5,7-10,13,16H,6,11-12,14-15H2,1-2H3,(H,24,26). The van der Waals surface area contributed by atoms with E-state index in [9.17, 15) is 14.4 Å². The molecule has 1 atom stereocenters. The number of rotatable bonds is 8. The number of amides is 2. The Kier molecular flexibility index (Phi) is 7.06. The van der Waals surface area contributed by atoms with Crippen LogP contribution in [0.2, 0.25) is 0 Å². The van der Waals surface area contributed by atoms with Crippen molar-refractivity contribution in [3.05, 3.63) is 65.2 Å². The molecule has 1 aliphatic rings. The Bertz CT molecular complexity index is 927. The maximum absolute atomic E-state index is 12.4. The predicted octanol–water partition coefficient (Wildman–Crippen LogP) is 2.85. The van der Waals surface area contributed by atoms with E-state index in [-0.39, 0.29) is 18.6 Å². The van der Waals surface area contributed by atoms with E-state index in [1.165, 1.54) is 0 Å². The third-order valence-electron chi connectivity index (χ3n) is 5.02. The van der Waals surface area contributed by atoms with E-state index in [1.54, 1.807) is 30.2 Å². The van der Waals surface area contributed by atoms with Gasteiger partial charge in [0.1, 0.15) is 5.75 Å². The fraction of sp³-hybridized carbons (Fsp3) is 0.348. The maximum atomic E-state index is 12.4. The van der Waals surface area contributed by atoms with Gasteiger partial charge < -0.3 is 19.7 Å². The fourth-order valence-electron chi connectivity index (χ4n) is 3.49. The molecule has 7 nitrogen and oxygen atoms in total. The molecule has 7 heteroatoms. The van der Waals surface area contributed by atoms with Gasteiger partial charge in [-0.15, -0.1) is 0 Å². The van der Waals surface area contributed by atoms with Crippen LogP contribution in [0.25, 0.3) is 0 Å². The van der Waals surface area contributed by atoms with Gasteiger partial charge in [-0.2, -0.15) is 0 Å². The number of benzene rings is 2. The Morgan fingerprint density at radius 2 is 1.97 bits per heavy atom. The van der Waals surface area contributed by atoms with E-state index in [0.717, 1.165) is 24.1 Å². The van der Waals surface area contributed by atoms with Gasteiger partial charge in [-0.1, -0.05) is 30.3 Å². The van der Waals surface area contributed by atoms with Crippen molar-refractivity contribution >= 4 is 17.8 Å². The number of hydrogen-bond donors (Lipinski definition) is 1. The Morgan fingerprint density at radius 3 is 2.70 bits per heavy atom. The number of nitrogens with zero attached hydrogens (tertiary/aromatic N) is 1. The van der Waals surface area contributed by atoms with Crippen LogP contribution < -0.4 is 10.1 Å². The van der Waals surface area contributed by atoms with E-state index in [4.69, 9.17) is 9.47 Å². The van der Waals surface area contributed by atoms with Crippen LogP contribution in [0.5, 0.6) is 5.75 Å². The molecule has 1 fully saturated rings. The first-order valence-corrected chi connectivity index (χ1v) is 9.94. The normalized spacial score (nSPS) is 14.3. The van der Waals surface area contributed by atoms with Crippen LogP contribution in [0, 0.1) is 0 Å². The first-order valence-electron chi connectivity index (χ1n) is 9.94. The smallest absolute Gasteiger partial charge is 0.338 e. The minimum absolute atomic E-state index is 0.129. The van der Waals surface area contributed by atoms with Crippen molar-refractivity contribution in [2.45, 2.75) is 32.4 Å². The molecule has 2 aromatic carbocycles. The van der Waals surface area contributed by atoms with Gasteiger partial charge in [0.25, 0.3) is 5.91 Å². The molecular formula is C23H26N2O5. The summed E-state index contributed by atoms with van der Waals surface area (Å²) in [5.74, 6) is -0.176. The summed E-state index contributed by atoms with van der Waals surface area (Å²) in [5, 5.41) is 2.80. The molecule has 1 saturated heterocycles. The molecule has 1 aliphatic heterocycles. The monoisotopic (exact) mass is 410 g/mol. The quantitative estimate of drug-likeness (QED) is 0.677. The van der Waals surface area contributed by atoms with E-state index >= 15 is 0 Å². The fourth-order valence-corrected chi connectivity index (χ4v) is 3.49. The first-order chi connectivity index (χ1) is 14.5. The molecule has 158 valence electrons. The second kappa shape index (κ2) is 9.91. The van der Waals surface area contributed by atoms with Gasteiger partial charge in [0, 0.05) is 25.1 Å². The zero-order valence-corrected chi connectivity index (χ0v) is 17.2. The van der Waals surface area contributed by atoms with Crippen LogP contribution in [-0.2, 0) is 20.9 Å². The van der Waals surface area contributed by atoms with Crippen molar-refractivity contribution in [2.24, 2.45) is 0 Å². The lowest BCUT2D eigenvalue weighted by molar-refractivity contribution is -0.128. The number of carbonyl (C=O) groups is 3. The number of carbonyl (C=O) groups excluding carboxylic acids is 3. The summed E-state index contributed by atoms with van der Waals surface area (Å²) >= 11 is 0. The summed E-state index contributed by atoms with van der Waals surface area (Å²) in [6.45, 7) is 2.66. The van der Waals surface area contributed by atoms with Crippen LogP contribution >= 0.6 is 0 Å². The van der Waals surface area contributed by atoms with Crippen molar-refractivity contribution < 1.29 is 23.9 Å². The van der Waals surface area contributed by atoms with Gasteiger partial charge in [0.2, 0.25) is 5.91 Å². The summed E-state index contributed by atoms with van der Waals surface area (Å²) < 4.78 is 10.5. The molecule has 1 N–H and O–H groups in total. The highest BCUT2D eigenvalue weighted by atomic mass is 16.5. The minimum atomic E-state index is -0.579. The molecule has 30 heavy (non-hydrogen) atoms. The molecule has 0 saturated carbocycles. The van der Waals surface area contributed by atoms with Gasteiger partial charge in [-0.3, -0.25) is 9.59 Å². The van der Waals surface area contributed by atoms with Gasteiger partial charge in [0.15, 0.2) is 6.61 Å². The van der Waals surface area contributed by atoms with E-state index in [0.29, 0.717) is 24.3 Å². The molecule has 0 aromatic heterocycles. The second-order valence-corrected chi connectivity index (χ2v) is 7.23. The van der Waals surface area contributed by atoms with E-state index in [1.807, 2.05) is 37.3 Å². The van der Waals surface area contributed by atoms with Crippen molar-refractivity contribution in [3.8, 4) is 5.75 Å². The molecule has 0 radical (unpaired) electrons. The van der Waals surface area contributed by atoms with E-state index in [2.05, 4.69) is 5.32 Å². The van der Waals surface area contributed by atoms with Crippen LogP contribution in [0.3, 0.4) is 0 Å². The lowest BCUT2D eigenvalue weighted by Gasteiger charge is -2.17. The lowest BCUT2D eigenvalue weighted by atomic mass is 10.1. The highest BCUT2D eigenvalue weighted by Gasteiger charge is 2.21. The molecular weight excluding hydrogens is 384 g/mol. The third-order valence-corrected chi connectivity index (χ3v) is 5.02. The van der Waals surface area contributed by atoms with Crippen LogP contribution in [0.4, 0.5) is 0 Å². The zero-order valence-electron chi connectivity index (χ0n) is 17.2. The number of methoxy groups -OCH3 is 1. The highest BCUT2D eigenvalue weighted by molar-refractivity contribution is 5.91. The van der Waals surface area contributed by atoms with Crippen LogP contribution in [0.15, 0.2) is 48.5 Å². The zero-order chi connectivity index (χ0) is 21.5. The topological polar surface area (TPSA) is 84.9 Å². The van der Waals surface area contributed by atoms with Crippen molar-refractivity contribution in [2.75, 3.05) is 20.3 Å². The molecule has 0 aliphatic carbocycles. The number of nitrogens with one attached hydrogen (secondary N) is 1. The average Bonchev–Trinajstić information content (AvgIpc) is 3.16. The highest BCUT2D eigenvalue weighted by Crippen LogP contribution is 2.24. The third kappa shape index (κ3) is 5.37. The average molecular weight is 410 g/mol. The summed E-state index contributed by atoms with van der Waals surface area (Å²) in [6, 6.07) is 14.0. The minimum Gasteiger partial charge on any atom is -0.496 e. The number of para-hydroxylation sites is 1. The SMILES string of the molecule is COc1ccccc1C(C)NC(=O)COC(=O)c1cccc(CN2CCCC2=O)c1. The van der Waals surface area contributed by atoms with Crippen LogP contribution in [-0.4, -0.2) is 42.9 Å². The predicted molar refractivity (Wildman–Crippen MR) is 111 cm³/mol. The Morgan fingerprint density at radius 1 is 1.17 bits per heavy atom. The summed E-state index contributed by atoms with van der Waals surface area (Å²) in [7, 11) is 1.57. The summed E-state index contributed by atoms with van der Waals surface area (Å²) in [4.78, 5) is 38.1. The molecule has 0 spiro atoms.